The Hall–Kier alpha value is -5.00. The quantitative estimate of drug-likeness (QED) is 0.0722. The Balaban J connectivity index is 1.28. The highest BCUT2D eigenvalue weighted by Gasteiger charge is 2.32. The van der Waals surface area contributed by atoms with Crippen molar-refractivity contribution in [3.05, 3.63) is 105 Å². The fourth-order valence-electron chi connectivity index (χ4n) is 5.45. The lowest BCUT2D eigenvalue weighted by Gasteiger charge is -2.28. The van der Waals surface area contributed by atoms with Gasteiger partial charge in [-0.05, 0) is 62.2 Å². The number of hydrogen-bond acceptors (Lipinski definition) is 8. The number of allylic oxidation sites excluding steroid dienone is 1. The Morgan fingerprint density at radius 3 is 2.67 bits per heavy atom. The highest BCUT2D eigenvalue weighted by molar-refractivity contribution is 6.30. The van der Waals surface area contributed by atoms with Gasteiger partial charge in [-0.3, -0.25) is 5.43 Å². The van der Waals surface area contributed by atoms with Crippen molar-refractivity contribution in [1.82, 2.24) is 20.6 Å². The second-order valence-corrected chi connectivity index (χ2v) is 11.1. The van der Waals surface area contributed by atoms with Crippen molar-refractivity contribution >= 4 is 40.7 Å². The van der Waals surface area contributed by atoms with Crippen molar-refractivity contribution in [2.45, 2.75) is 39.6 Å². The number of amides is 2. The summed E-state index contributed by atoms with van der Waals surface area (Å²) in [5.74, 6) is 0.188. The molecule has 1 aliphatic heterocycles. The van der Waals surface area contributed by atoms with E-state index in [1.165, 1.54) is 7.11 Å². The zero-order valence-corrected chi connectivity index (χ0v) is 26.7. The van der Waals surface area contributed by atoms with E-state index in [0.717, 1.165) is 27.7 Å². The monoisotopic (exact) mass is 645 g/mol. The molecule has 240 valence electrons. The third kappa shape index (κ3) is 7.11. The van der Waals surface area contributed by atoms with Crippen LogP contribution in [0.5, 0.6) is 11.5 Å². The van der Waals surface area contributed by atoms with Crippen LogP contribution in [0.25, 0.3) is 10.9 Å². The highest BCUT2D eigenvalue weighted by Crippen LogP contribution is 2.35. The minimum Gasteiger partial charge on any atom is -0.490 e. The van der Waals surface area contributed by atoms with Gasteiger partial charge in [0.15, 0.2) is 17.7 Å². The Morgan fingerprint density at radius 1 is 1.11 bits per heavy atom. The molecule has 4 N–H and O–H groups in total. The summed E-state index contributed by atoms with van der Waals surface area (Å²) in [7, 11) is 1.28. The molecule has 0 aliphatic carbocycles. The summed E-state index contributed by atoms with van der Waals surface area (Å²) >= 11 is 6.22. The van der Waals surface area contributed by atoms with Crippen molar-refractivity contribution in [3.63, 3.8) is 0 Å². The Labute approximate surface area is 271 Å². The van der Waals surface area contributed by atoms with Crippen LogP contribution in [0.15, 0.2) is 83.1 Å². The predicted octanol–water partition coefficient (Wildman–Crippen LogP) is 5.17. The molecule has 0 spiro atoms. The number of nitrogens with one attached hydrogen (secondary N) is 3. The zero-order chi connectivity index (χ0) is 32.8. The Kier molecular flexibility index (Phi) is 10.1. The number of benzene rings is 3. The van der Waals surface area contributed by atoms with Gasteiger partial charge in [0.05, 0.1) is 31.5 Å². The minimum absolute atomic E-state index is 0.136. The molecule has 0 saturated carbocycles. The van der Waals surface area contributed by atoms with E-state index in [0.29, 0.717) is 40.9 Å². The number of para-hydroxylation sites is 1. The Bertz CT molecular complexity index is 1820. The molecule has 4 aromatic rings. The first-order valence-electron chi connectivity index (χ1n) is 14.7. The lowest BCUT2D eigenvalue weighted by molar-refractivity contribution is -0.136. The molecule has 3 aromatic carbocycles. The second-order valence-electron chi connectivity index (χ2n) is 10.6. The van der Waals surface area contributed by atoms with Gasteiger partial charge >= 0.3 is 12.0 Å². The molecule has 0 unspecified atom stereocenters. The lowest BCUT2D eigenvalue weighted by atomic mass is 9.95. The van der Waals surface area contributed by atoms with E-state index in [1.807, 2.05) is 56.3 Å². The number of rotatable bonds is 12. The first-order valence-corrected chi connectivity index (χ1v) is 15.1. The van der Waals surface area contributed by atoms with E-state index in [-0.39, 0.29) is 12.2 Å². The summed E-state index contributed by atoms with van der Waals surface area (Å²) in [6.07, 6.45) is 0.558. The zero-order valence-electron chi connectivity index (χ0n) is 26.0. The molecule has 12 heteroatoms. The number of esters is 1. The van der Waals surface area contributed by atoms with Crippen LogP contribution in [0.4, 0.5) is 4.79 Å². The van der Waals surface area contributed by atoms with Gasteiger partial charge in [-0.25, -0.2) is 9.59 Å². The second kappa shape index (κ2) is 14.4. The number of hydrogen-bond donors (Lipinski definition) is 4. The van der Waals surface area contributed by atoms with Gasteiger partial charge < -0.3 is 34.5 Å². The maximum absolute atomic E-state index is 12.5. The van der Waals surface area contributed by atoms with E-state index in [9.17, 15) is 14.7 Å². The molecule has 0 radical (unpaired) electrons. The number of urea groups is 1. The number of aromatic nitrogens is 1. The van der Waals surface area contributed by atoms with Crippen molar-refractivity contribution in [2.24, 2.45) is 5.10 Å². The van der Waals surface area contributed by atoms with Gasteiger partial charge in [-0.1, -0.05) is 48.0 Å². The molecule has 2 heterocycles. The van der Waals surface area contributed by atoms with Gasteiger partial charge in [0.2, 0.25) is 0 Å². The van der Waals surface area contributed by atoms with Gasteiger partial charge in [0.25, 0.3) is 0 Å². The summed E-state index contributed by atoms with van der Waals surface area (Å²) in [6.45, 7) is 6.34. The fraction of sp³-hybridized carbons (Fsp3) is 0.265. The number of carbonyl (C=O) groups is 2. The van der Waals surface area contributed by atoms with Crippen LogP contribution in [0, 0.1) is 6.92 Å². The summed E-state index contributed by atoms with van der Waals surface area (Å²) in [5, 5.41) is 22.0. The molecule has 5 rings (SSSR count). The van der Waals surface area contributed by atoms with Crippen molar-refractivity contribution in [1.29, 1.82) is 0 Å². The van der Waals surface area contributed by atoms with Crippen LogP contribution in [0.3, 0.4) is 0 Å². The van der Waals surface area contributed by atoms with Crippen LogP contribution in [0.2, 0.25) is 5.02 Å². The third-order valence-corrected chi connectivity index (χ3v) is 7.83. The number of fused-ring (bicyclic) bond motifs is 1. The summed E-state index contributed by atoms with van der Waals surface area (Å²) < 4.78 is 18.8. The van der Waals surface area contributed by atoms with Gasteiger partial charge in [-0.2, -0.15) is 5.10 Å². The number of methoxy groups -OCH3 is 1. The maximum Gasteiger partial charge on any atom is 0.337 e. The van der Waals surface area contributed by atoms with Gasteiger partial charge in [-0.15, -0.1) is 0 Å². The standard InChI is InChI=1S/C34H36ClN5O6/c1-5-45-29-16-23(32-31(33(42)44-4)20(2)37-34(43)38-32)13-14-28(29)46-19-30(41)39-36-17-26-21(3)40(27-12-7-6-11-25(26)27)18-22-9-8-10-24(35)15-22/h6-17,30,32,39,41H,5,18-19H2,1-4H3,(H2,37,38,43)/b36-17+/t30-,32-/m0/s1. The van der Waals surface area contributed by atoms with Gasteiger partial charge in [0.1, 0.15) is 6.61 Å². The van der Waals surface area contributed by atoms with Crippen molar-refractivity contribution < 1.29 is 28.9 Å². The summed E-state index contributed by atoms with van der Waals surface area (Å²) in [5.41, 5.74) is 8.09. The van der Waals surface area contributed by atoms with Crippen LogP contribution in [-0.4, -0.2) is 54.4 Å². The van der Waals surface area contributed by atoms with Crippen LogP contribution in [0.1, 0.15) is 42.3 Å². The number of nitrogens with zero attached hydrogens (tertiary/aromatic N) is 2. The number of halogens is 1. The van der Waals surface area contributed by atoms with E-state index >= 15 is 0 Å². The van der Waals surface area contributed by atoms with Crippen molar-refractivity contribution in [3.8, 4) is 11.5 Å². The van der Waals surface area contributed by atoms with E-state index < -0.39 is 24.3 Å². The average molecular weight is 646 g/mol. The number of aliphatic hydroxyl groups excluding tert-OH is 1. The third-order valence-electron chi connectivity index (χ3n) is 7.60. The molecule has 1 aromatic heterocycles. The molecule has 11 nitrogen and oxygen atoms in total. The number of ether oxygens (including phenoxy) is 3. The molecule has 46 heavy (non-hydrogen) atoms. The lowest BCUT2D eigenvalue weighted by Crippen LogP contribution is -2.45. The minimum atomic E-state index is -1.13. The molecular formula is C34H36ClN5O6. The van der Waals surface area contributed by atoms with E-state index in [2.05, 4.69) is 31.8 Å². The van der Waals surface area contributed by atoms with E-state index in [4.69, 9.17) is 25.8 Å². The molecular weight excluding hydrogens is 610 g/mol. The molecule has 1 aliphatic rings. The first kappa shape index (κ1) is 32.4. The molecule has 0 fully saturated rings. The van der Waals surface area contributed by atoms with Crippen LogP contribution < -0.4 is 25.5 Å². The number of aliphatic hydroxyl groups is 1. The number of carbonyl (C=O) groups excluding carboxylic acids is 2. The number of hydrazone groups is 1. The van der Waals surface area contributed by atoms with E-state index in [1.54, 1.807) is 31.3 Å². The summed E-state index contributed by atoms with van der Waals surface area (Å²) in [6, 6.07) is 19.7. The average Bonchev–Trinajstić information content (AvgIpc) is 3.29. The topological polar surface area (TPSA) is 135 Å². The highest BCUT2D eigenvalue weighted by atomic mass is 35.5. The SMILES string of the molecule is CCOc1cc([C@@H]2NC(=O)NC(C)=C2C(=O)OC)ccc1OC[C@H](O)N/N=C/c1c(C)n(Cc2cccc(Cl)c2)c2ccccc12. The molecule has 2 atom stereocenters. The van der Waals surface area contributed by atoms with Crippen LogP contribution >= 0.6 is 11.6 Å². The predicted molar refractivity (Wildman–Crippen MR) is 176 cm³/mol. The maximum atomic E-state index is 12.5. The normalized spacial score (nSPS) is 15.4. The Morgan fingerprint density at radius 2 is 1.91 bits per heavy atom. The molecule has 0 bridgehead atoms. The molecule has 0 saturated heterocycles. The summed E-state index contributed by atoms with van der Waals surface area (Å²) in [4.78, 5) is 24.7. The first-order chi connectivity index (χ1) is 22.2. The largest absolute Gasteiger partial charge is 0.490 e. The van der Waals surface area contributed by atoms with Crippen LogP contribution in [-0.2, 0) is 16.1 Å². The van der Waals surface area contributed by atoms with Crippen molar-refractivity contribution in [2.75, 3.05) is 20.3 Å². The molecule has 2 amide bonds. The smallest absolute Gasteiger partial charge is 0.337 e. The fourth-order valence-corrected chi connectivity index (χ4v) is 5.67. The van der Waals surface area contributed by atoms with Gasteiger partial charge in [0, 0.05) is 39.4 Å².